The zero-order chi connectivity index (χ0) is 14.0. The minimum absolute atomic E-state index is 0.0921. The summed E-state index contributed by atoms with van der Waals surface area (Å²) in [5, 5.41) is 2.85. The number of halogens is 1. The van der Waals surface area contributed by atoms with Crippen molar-refractivity contribution >= 4 is 16.7 Å². The lowest BCUT2D eigenvalue weighted by molar-refractivity contribution is -0.128. The van der Waals surface area contributed by atoms with E-state index in [1.807, 2.05) is 6.92 Å². The van der Waals surface area contributed by atoms with Crippen molar-refractivity contribution < 1.29 is 13.4 Å². The first kappa shape index (κ1) is 14.1. The number of benzene rings is 1. The third-order valence-electron chi connectivity index (χ3n) is 3.30. The van der Waals surface area contributed by atoms with Crippen LogP contribution in [-0.4, -0.2) is 39.6 Å². The molecule has 4 nitrogen and oxygen atoms in total. The Morgan fingerprint density at radius 3 is 2.84 bits per heavy atom. The van der Waals surface area contributed by atoms with Crippen LogP contribution >= 0.6 is 0 Å². The molecule has 1 aliphatic heterocycles. The predicted molar refractivity (Wildman–Crippen MR) is 72.4 cm³/mol. The normalized spacial score (nSPS) is 22.6. The largest absolute Gasteiger partial charge is 0.321 e. The quantitative estimate of drug-likeness (QED) is 0.898. The minimum Gasteiger partial charge on any atom is -0.321 e. The molecule has 3 atom stereocenters. The lowest BCUT2D eigenvalue weighted by atomic mass is 10.1. The van der Waals surface area contributed by atoms with Crippen molar-refractivity contribution in [2.75, 3.05) is 19.3 Å². The van der Waals surface area contributed by atoms with E-state index in [4.69, 9.17) is 0 Å². The second-order valence-electron chi connectivity index (χ2n) is 4.66. The summed E-state index contributed by atoms with van der Waals surface area (Å²) in [6.07, 6.45) is 1.14. The van der Waals surface area contributed by atoms with Crippen molar-refractivity contribution in [1.82, 2.24) is 10.2 Å². The van der Waals surface area contributed by atoms with Crippen molar-refractivity contribution in [2.45, 2.75) is 18.3 Å². The fourth-order valence-corrected chi connectivity index (χ4v) is 2.47. The SMILES string of the molecule is CC(CN1C(=O)CNC1c1ccccc1F)S(C)=O. The lowest BCUT2D eigenvalue weighted by Gasteiger charge is -2.27. The van der Waals surface area contributed by atoms with Gasteiger partial charge in [0.15, 0.2) is 0 Å². The molecule has 1 aromatic rings. The molecule has 1 aromatic carbocycles. The summed E-state index contributed by atoms with van der Waals surface area (Å²) in [6.45, 7) is 2.36. The first-order valence-electron chi connectivity index (χ1n) is 6.10. The molecule has 0 aromatic heterocycles. The number of nitrogens with one attached hydrogen (secondary N) is 1. The van der Waals surface area contributed by atoms with Gasteiger partial charge in [0.1, 0.15) is 12.0 Å². The number of amides is 1. The van der Waals surface area contributed by atoms with Crippen LogP contribution in [0.1, 0.15) is 18.7 Å². The van der Waals surface area contributed by atoms with Crippen LogP contribution in [0.3, 0.4) is 0 Å². The Balaban J connectivity index is 2.23. The van der Waals surface area contributed by atoms with Crippen molar-refractivity contribution in [2.24, 2.45) is 0 Å². The van der Waals surface area contributed by atoms with Gasteiger partial charge in [0.25, 0.3) is 0 Å². The smallest absolute Gasteiger partial charge is 0.238 e. The molecule has 0 spiro atoms. The van der Waals surface area contributed by atoms with E-state index in [9.17, 15) is 13.4 Å². The average molecular weight is 284 g/mol. The van der Waals surface area contributed by atoms with Gasteiger partial charge in [-0.3, -0.25) is 14.3 Å². The van der Waals surface area contributed by atoms with Gasteiger partial charge in [-0.1, -0.05) is 18.2 Å². The fourth-order valence-electron chi connectivity index (χ4n) is 2.10. The number of hydrogen-bond donors (Lipinski definition) is 1. The molecular formula is C13H17FN2O2S. The zero-order valence-electron chi connectivity index (χ0n) is 10.9. The van der Waals surface area contributed by atoms with Crippen LogP contribution in [0.2, 0.25) is 0 Å². The highest BCUT2D eigenvalue weighted by Crippen LogP contribution is 2.25. The Morgan fingerprint density at radius 1 is 1.53 bits per heavy atom. The fraction of sp³-hybridized carbons (Fsp3) is 0.462. The summed E-state index contributed by atoms with van der Waals surface area (Å²) in [7, 11) is -1.01. The highest BCUT2D eigenvalue weighted by Gasteiger charge is 2.34. The molecule has 6 heteroatoms. The second kappa shape index (κ2) is 5.79. The molecule has 1 saturated heterocycles. The van der Waals surface area contributed by atoms with Crippen LogP contribution in [0.25, 0.3) is 0 Å². The van der Waals surface area contributed by atoms with Crippen molar-refractivity contribution in [3.63, 3.8) is 0 Å². The number of hydrogen-bond acceptors (Lipinski definition) is 3. The summed E-state index contributed by atoms with van der Waals surface area (Å²) >= 11 is 0. The van der Waals surface area contributed by atoms with Gasteiger partial charge in [0.05, 0.1) is 6.54 Å². The topological polar surface area (TPSA) is 49.4 Å². The molecule has 0 radical (unpaired) electrons. The lowest BCUT2D eigenvalue weighted by Crippen LogP contribution is -2.37. The predicted octanol–water partition coefficient (Wildman–Crippen LogP) is 1.02. The average Bonchev–Trinajstić information content (AvgIpc) is 2.72. The molecule has 104 valence electrons. The Hall–Kier alpha value is -1.27. The van der Waals surface area contributed by atoms with E-state index < -0.39 is 17.0 Å². The van der Waals surface area contributed by atoms with E-state index in [1.165, 1.54) is 6.07 Å². The molecule has 2 rings (SSSR count). The van der Waals surface area contributed by atoms with Crippen LogP contribution in [0.4, 0.5) is 4.39 Å². The minimum atomic E-state index is -1.01. The number of carbonyl (C=O) groups is 1. The van der Waals surface area contributed by atoms with Gasteiger partial charge in [-0.15, -0.1) is 0 Å². The maximum absolute atomic E-state index is 13.8. The summed E-state index contributed by atoms with van der Waals surface area (Å²) in [4.78, 5) is 13.4. The Morgan fingerprint density at radius 2 is 2.21 bits per heavy atom. The van der Waals surface area contributed by atoms with E-state index >= 15 is 0 Å². The van der Waals surface area contributed by atoms with Crippen molar-refractivity contribution in [3.05, 3.63) is 35.6 Å². The van der Waals surface area contributed by atoms with Gasteiger partial charge in [-0.05, 0) is 13.0 Å². The molecule has 3 unspecified atom stereocenters. The van der Waals surface area contributed by atoms with Gasteiger partial charge < -0.3 is 4.90 Å². The Labute approximate surface area is 114 Å². The number of rotatable bonds is 4. The van der Waals surface area contributed by atoms with Crippen LogP contribution in [0, 0.1) is 5.82 Å². The first-order chi connectivity index (χ1) is 9.00. The molecule has 1 amide bonds. The van der Waals surface area contributed by atoms with Crippen LogP contribution in [0.5, 0.6) is 0 Å². The third kappa shape index (κ3) is 3.01. The summed E-state index contributed by atoms with van der Waals surface area (Å²) in [6, 6.07) is 6.39. The van der Waals surface area contributed by atoms with Crippen molar-refractivity contribution in [1.29, 1.82) is 0 Å². The van der Waals surface area contributed by atoms with Gasteiger partial charge >= 0.3 is 0 Å². The van der Waals surface area contributed by atoms with E-state index in [0.717, 1.165) is 0 Å². The summed E-state index contributed by atoms with van der Waals surface area (Å²) in [5.74, 6) is -0.435. The molecular weight excluding hydrogens is 267 g/mol. The summed E-state index contributed by atoms with van der Waals surface area (Å²) < 4.78 is 25.2. The molecule has 1 aliphatic rings. The number of carbonyl (C=O) groups excluding carboxylic acids is 1. The van der Waals surface area contributed by atoms with Crippen molar-refractivity contribution in [3.8, 4) is 0 Å². The molecule has 0 saturated carbocycles. The molecule has 0 bridgehead atoms. The van der Waals surface area contributed by atoms with E-state index in [2.05, 4.69) is 5.32 Å². The third-order valence-corrected chi connectivity index (χ3v) is 4.58. The van der Waals surface area contributed by atoms with E-state index in [1.54, 1.807) is 29.4 Å². The highest BCUT2D eigenvalue weighted by atomic mass is 32.2. The van der Waals surface area contributed by atoms with Gasteiger partial charge in [0.2, 0.25) is 5.91 Å². The highest BCUT2D eigenvalue weighted by molar-refractivity contribution is 7.84. The molecule has 1 heterocycles. The number of nitrogens with zero attached hydrogens (tertiary/aromatic N) is 1. The first-order valence-corrected chi connectivity index (χ1v) is 7.72. The Bertz CT molecular complexity index is 509. The van der Waals surface area contributed by atoms with Crippen LogP contribution in [0.15, 0.2) is 24.3 Å². The van der Waals surface area contributed by atoms with E-state index in [0.29, 0.717) is 12.1 Å². The molecule has 19 heavy (non-hydrogen) atoms. The monoisotopic (exact) mass is 284 g/mol. The van der Waals surface area contributed by atoms with E-state index in [-0.39, 0.29) is 23.5 Å². The molecule has 1 N–H and O–H groups in total. The molecule has 0 aliphatic carbocycles. The maximum atomic E-state index is 13.8. The van der Waals surface area contributed by atoms with Gasteiger partial charge in [-0.25, -0.2) is 4.39 Å². The van der Waals surface area contributed by atoms with Gasteiger partial charge in [-0.2, -0.15) is 0 Å². The standard InChI is InChI=1S/C13H17FN2O2S/c1-9(19(2)18)8-16-12(17)7-15-13(16)10-5-3-4-6-11(10)14/h3-6,9,13,15H,7-8H2,1-2H3. The maximum Gasteiger partial charge on any atom is 0.238 e. The van der Waals surface area contributed by atoms with Crippen LogP contribution < -0.4 is 5.32 Å². The second-order valence-corrected chi connectivity index (χ2v) is 6.46. The van der Waals surface area contributed by atoms with Crippen LogP contribution in [-0.2, 0) is 15.6 Å². The summed E-state index contributed by atoms with van der Waals surface area (Å²) in [5.41, 5.74) is 0.447. The Kier molecular flexibility index (Phi) is 4.31. The molecule has 1 fully saturated rings. The zero-order valence-corrected chi connectivity index (χ0v) is 11.7. The van der Waals surface area contributed by atoms with Gasteiger partial charge in [0, 0.05) is 34.4 Å².